The van der Waals surface area contributed by atoms with Crippen molar-refractivity contribution < 1.29 is 14.8 Å². The summed E-state index contributed by atoms with van der Waals surface area (Å²) in [4.78, 5) is 24.9. The zero-order valence-corrected chi connectivity index (χ0v) is 12.5. The van der Waals surface area contributed by atoms with Gasteiger partial charge in [-0.3, -0.25) is 14.9 Å². The summed E-state index contributed by atoms with van der Waals surface area (Å²) in [6, 6.07) is 4.50. The molecule has 1 rings (SSSR count). The molecule has 0 fully saturated rings. The Labute approximate surface area is 121 Å². The van der Waals surface area contributed by atoms with Crippen LogP contribution in [0.15, 0.2) is 23.1 Å². The van der Waals surface area contributed by atoms with E-state index in [1.807, 2.05) is 6.26 Å². The highest BCUT2D eigenvalue weighted by Gasteiger charge is 2.23. The van der Waals surface area contributed by atoms with Gasteiger partial charge >= 0.3 is 0 Å². The monoisotopic (exact) mass is 298 g/mol. The van der Waals surface area contributed by atoms with Crippen LogP contribution in [-0.4, -0.2) is 46.8 Å². The molecule has 1 unspecified atom stereocenters. The summed E-state index contributed by atoms with van der Waals surface area (Å²) in [6.45, 7) is 1.98. The number of carbonyl (C=O) groups excluding carboxylic acids is 1. The van der Waals surface area contributed by atoms with E-state index >= 15 is 0 Å². The van der Waals surface area contributed by atoms with Gasteiger partial charge in [-0.2, -0.15) is 0 Å². The lowest BCUT2D eigenvalue weighted by atomic mass is 10.1. The minimum atomic E-state index is -0.556. The summed E-state index contributed by atoms with van der Waals surface area (Å²) >= 11 is 1.42. The maximum absolute atomic E-state index is 12.3. The average molecular weight is 298 g/mol. The molecule has 20 heavy (non-hydrogen) atoms. The number of rotatable bonds is 6. The number of nitro benzene ring substituents is 1. The predicted molar refractivity (Wildman–Crippen MR) is 78.1 cm³/mol. The lowest BCUT2D eigenvalue weighted by molar-refractivity contribution is -0.385. The van der Waals surface area contributed by atoms with E-state index in [9.17, 15) is 20.0 Å². The Morgan fingerprint density at radius 1 is 1.55 bits per heavy atom. The molecule has 1 amide bonds. The molecule has 7 heteroatoms. The quantitative estimate of drug-likeness (QED) is 0.494. The number of benzene rings is 1. The molecule has 0 bridgehead atoms. The van der Waals surface area contributed by atoms with E-state index in [0.717, 1.165) is 4.90 Å². The van der Waals surface area contributed by atoms with Crippen molar-refractivity contribution in [3.05, 3.63) is 33.9 Å². The Balaban J connectivity index is 3.03. The van der Waals surface area contributed by atoms with Crippen molar-refractivity contribution >= 4 is 23.4 Å². The van der Waals surface area contributed by atoms with E-state index in [0.29, 0.717) is 13.0 Å². The Kier molecular flexibility index (Phi) is 5.97. The van der Waals surface area contributed by atoms with Crippen LogP contribution in [0, 0.1) is 10.1 Å². The zero-order chi connectivity index (χ0) is 15.3. The van der Waals surface area contributed by atoms with Crippen LogP contribution in [0.1, 0.15) is 23.7 Å². The number of carbonyl (C=O) groups is 1. The van der Waals surface area contributed by atoms with Gasteiger partial charge in [0.1, 0.15) is 5.56 Å². The Bertz CT molecular complexity index is 505. The average Bonchev–Trinajstić information content (AvgIpc) is 2.42. The predicted octanol–water partition coefficient (Wildman–Crippen LogP) is 2.16. The second-order valence-electron chi connectivity index (χ2n) is 4.50. The topological polar surface area (TPSA) is 83.7 Å². The Morgan fingerprint density at radius 2 is 2.20 bits per heavy atom. The van der Waals surface area contributed by atoms with E-state index in [1.54, 1.807) is 20.0 Å². The van der Waals surface area contributed by atoms with Crippen LogP contribution in [0.3, 0.4) is 0 Å². The summed E-state index contributed by atoms with van der Waals surface area (Å²) in [6.07, 6.45) is 1.75. The number of nitrogens with zero attached hydrogens (tertiary/aromatic N) is 2. The standard InChI is InChI=1S/C13H18N2O4S/c1-9(16)6-7-14(2)13(17)11-8-10(20-3)4-5-12(11)15(18)19/h4-5,8-9,16H,6-7H2,1-3H3. The van der Waals surface area contributed by atoms with Gasteiger partial charge in [-0.15, -0.1) is 11.8 Å². The number of aliphatic hydroxyl groups is 1. The van der Waals surface area contributed by atoms with E-state index in [2.05, 4.69) is 0 Å². The number of hydrogen-bond donors (Lipinski definition) is 1. The lowest BCUT2D eigenvalue weighted by Crippen LogP contribution is -2.30. The van der Waals surface area contributed by atoms with Crippen LogP contribution in [0.4, 0.5) is 5.69 Å². The summed E-state index contributed by atoms with van der Waals surface area (Å²) in [5.41, 5.74) is -0.119. The van der Waals surface area contributed by atoms with Gasteiger partial charge in [0.25, 0.3) is 11.6 Å². The maximum Gasteiger partial charge on any atom is 0.282 e. The fraction of sp³-hybridized carbons (Fsp3) is 0.462. The van der Waals surface area contributed by atoms with E-state index < -0.39 is 16.9 Å². The molecular weight excluding hydrogens is 280 g/mol. The first kappa shape index (κ1) is 16.5. The first-order valence-electron chi connectivity index (χ1n) is 6.12. The zero-order valence-electron chi connectivity index (χ0n) is 11.7. The molecule has 0 saturated carbocycles. The van der Waals surface area contributed by atoms with Crippen LogP contribution in [0.2, 0.25) is 0 Å². The van der Waals surface area contributed by atoms with Crippen molar-refractivity contribution in [1.29, 1.82) is 0 Å². The SMILES string of the molecule is CSc1ccc([N+](=O)[O-])c(C(=O)N(C)CCC(C)O)c1. The molecule has 0 heterocycles. The third kappa shape index (κ3) is 4.21. The third-order valence-electron chi connectivity index (χ3n) is 2.86. The molecule has 0 saturated heterocycles. The molecule has 0 aliphatic carbocycles. The first-order valence-corrected chi connectivity index (χ1v) is 7.35. The van der Waals surface area contributed by atoms with Gasteiger partial charge in [-0.05, 0) is 31.7 Å². The van der Waals surface area contributed by atoms with Crippen LogP contribution in [0.25, 0.3) is 0 Å². The van der Waals surface area contributed by atoms with Gasteiger partial charge in [-0.25, -0.2) is 0 Å². The minimum Gasteiger partial charge on any atom is -0.393 e. The van der Waals surface area contributed by atoms with E-state index in [-0.39, 0.29) is 11.3 Å². The molecule has 110 valence electrons. The molecule has 1 aromatic rings. The van der Waals surface area contributed by atoms with E-state index in [4.69, 9.17) is 0 Å². The van der Waals surface area contributed by atoms with Crippen LogP contribution in [-0.2, 0) is 0 Å². The summed E-state index contributed by atoms with van der Waals surface area (Å²) < 4.78 is 0. The maximum atomic E-state index is 12.3. The van der Waals surface area contributed by atoms with Crippen LogP contribution < -0.4 is 0 Å². The Morgan fingerprint density at radius 3 is 2.70 bits per heavy atom. The van der Waals surface area contributed by atoms with Crippen molar-refractivity contribution in [3.8, 4) is 0 Å². The van der Waals surface area contributed by atoms with Crippen molar-refractivity contribution in [2.24, 2.45) is 0 Å². The highest BCUT2D eigenvalue weighted by molar-refractivity contribution is 7.98. The van der Waals surface area contributed by atoms with Gasteiger partial charge in [0.15, 0.2) is 0 Å². The summed E-state index contributed by atoms with van der Waals surface area (Å²) in [5, 5.41) is 20.2. The van der Waals surface area contributed by atoms with Crippen molar-refractivity contribution in [3.63, 3.8) is 0 Å². The van der Waals surface area contributed by atoms with Crippen molar-refractivity contribution in [1.82, 2.24) is 4.90 Å². The van der Waals surface area contributed by atoms with Gasteiger partial charge in [-0.1, -0.05) is 0 Å². The van der Waals surface area contributed by atoms with Gasteiger partial charge < -0.3 is 10.0 Å². The Hall–Kier alpha value is -1.60. The van der Waals surface area contributed by atoms with Crippen LogP contribution >= 0.6 is 11.8 Å². The minimum absolute atomic E-state index is 0.0787. The number of nitro groups is 1. The molecule has 0 aliphatic heterocycles. The lowest BCUT2D eigenvalue weighted by Gasteiger charge is -2.18. The van der Waals surface area contributed by atoms with Gasteiger partial charge in [0.05, 0.1) is 11.0 Å². The highest BCUT2D eigenvalue weighted by Crippen LogP contribution is 2.25. The highest BCUT2D eigenvalue weighted by atomic mass is 32.2. The summed E-state index contributed by atoms with van der Waals surface area (Å²) in [5.74, 6) is -0.409. The summed E-state index contributed by atoms with van der Waals surface area (Å²) in [7, 11) is 1.57. The second-order valence-corrected chi connectivity index (χ2v) is 5.38. The molecular formula is C13H18N2O4S. The normalized spacial score (nSPS) is 12.0. The molecule has 1 N–H and O–H groups in total. The van der Waals surface area contributed by atoms with Crippen molar-refractivity contribution in [2.75, 3.05) is 19.8 Å². The molecule has 1 aromatic carbocycles. The third-order valence-corrected chi connectivity index (χ3v) is 3.59. The largest absolute Gasteiger partial charge is 0.393 e. The number of amides is 1. The van der Waals surface area contributed by atoms with Gasteiger partial charge in [0.2, 0.25) is 0 Å². The molecule has 6 nitrogen and oxygen atoms in total. The smallest absolute Gasteiger partial charge is 0.282 e. The second kappa shape index (κ2) is 7.25. The fourth-order valence-corrected chi connectivity index (χ4v) is 2.10. The van der Waals surface area contributed by atoms with Crippen molar-refractivity contribution in [2.45, 2.75) is 24.3 Å². The van der Waals surface area contributed by atoms with Crippen LogP contribution in [0.5, 0.6) is 0 Å². The molecule has 0 radical (unpaired) electrons. The fourth-order valence-electron chi connectivity index (χ4n) is 1.66. The van der Waals surface area contributed by atoms with E-state index in [1.165, 1.54) is 28.8 Å². The molecule has 1 atom stereocenters. The molecule has 0 aromatic heterocycles. The number of thioether (sulfide) groups is 1. The number of aliphatic hydroxyl groups excluding tert-OH is 1. The van der Waals surface area contributed by atoms with Gasteiger partial charge in [0, 0.05) is 24.6 Å². The first-order chi connectivity index (χ1) is 9.36. The molecule has 0 aliphatic rings. The molecule has 0 spiro atoms. The number of hydrogen-bond acceptors (Lipinski definition) is 5.